The SMILES string of the molecule is CON(C)C(=O)c1ccc(C)c(Cl)c1Cl. The van der Waals surface area contributed by atoms with E-state index in [1.54, 1.807) is 12.1 Å². The maximum atomic E-state index is 11.7. The summed E-state index contributed by atoms with van der Waals surface area (Å²) in [7, 11) is 2.91. The van der Waals surface area contributed by atoms with Crippen molar-refractivity contribution in [2.75, 3.05) is 14.2 Å². The van der Waals surface area contributed by atoms with Crippen LogP contribution >= 0.6 is 23.2 Å². The van der Waals surface area contributed by atoms with Gasteiger partial charge < -0.3 is 0 Å². The summed E-state index contributed by atoms with van der Waals surface area (Å²) >= 11 is 11.9. The second kappa shape index (κ2) is 4.84. The molecule has 1 aromatic rings. The fraction of sp³-hybridized carbons (Fsp3) is 0.300. The topological polar surface area (TPSA) is 29.5 Å². The third-order valence-electron chi connectivity index (χ3n) is 2.07. The number of hydrogen-bond acceptors (Lipinski definition) is 2. The summed E-state index contributed by atoms with van der Waals surface area (Å²) in [6.07, 6.45) is 0. The molecule has 1 rings (SSSR count). The normalized spacial score (nSPS) is 10.2. The number of rotatable bonds is 2. The van der Waals surface area contributed by atoms with Crippen LogP contribution in [0.2, 0.25) is 10.0 Å². The van der Waals surface area contributed by atoms with Gasteiger partial charge in [-0.05, 0) is 18.6 Å². The molecule has 0 saturated heterocycles. The van der Waals surface area contributed by atoms with Gasteiger partial charge >= 0.3 is 0 Å². The van der Waals surface area contributed by atoms with Gasteiger partial charge in [0, 0.05) is 7.05 Å². The van der Waals surface area contributed by atoms with Crippen molar-refractivity contribution in [3.63, 3.8) is 0 Å². The first-order valence-corrected chi connectivity index (χ1v) is 5.01. The molecule has 0 fully saturated rings. The first-order valence-electron chi connectivity index (χ1n) is 4.25. The van der Waals surface area contributed by atoms with E-state index in [2.05, 4.69) is 0 Å². The molecule has 0 bridgehead atoms. The Morgan fingerprint density at radius 3 is 2.47 bits per heavy atom. The molecular weight excluding hydrogens is 237 g/mol. The van der Waals surface area contributed by atoms with Crippen molar-refractivity contribution in [1.82, 2.24) is 5.06 Å². The van der Waals surface area contributed by atoms with E-state index >= 15 is 0 Å². The zero-order chi connectivity index (χ0) is 11.6. The van der Waals surface area contributed by atoms with Crippen LogP contribution in [0.5, 0.6) is 0 Å². The Balaban J connectivity index is 3.16. The van der Waals surface area contributed by atoms with Crippen LogP contribution in [0.25, 0.3) is 0 Å². The smallest absolute Gasteiger partial charge is 0.274 e. The number of carbonyl (C=O) groups excluding carboxylic acids is 1. The fourth-order valence-electron chi connectivity index (χ4n) is 1.06. The van der Waals surface area contributed by atoms with Gasteiger partial charge in [-0.1, -0.05) is 29.3 Å². The summed E-state index contributed by atoms with van der Waals surface area (Å²) in [5, 5.41) is 1.74. The Labute approximate surface area is 98.5 Å². The third-order valence-corrected chi connectivity index (χ3v) is 3.04. The van der Waals surface area contributed by atoms with Gasteiger partial charge in [-0.15, -0.1) is 0 Å². The molecule has 0 heterocycles. The Kier molecular flexibility index (Phi) is 3.97. The van der Waals surface area contributed by atoms with E-state index < -0.39 is 0 Å². The molecule has 1 amide bonds. The molecule has 0 unspecified atom stereocenters. The quantitative estimate of drug-likeness (QED) is 0.753. The first kappa shape index (κ1) is 12.3. The summed E-state index contributed by atoms with van der Waals surface area (Å²) in [5.74, 6) is -0.329. The number of hydroxylamine groups is 2. The summed E-state index contributed by atoms with van der Waals surface area (Å²) < 4.78 is 0. The van der Waals surface area contributed by atoms with Crippen molar-refractivity contribution < 1.29 is 9.63 Å². The standard InChI is InChI=1S/C10H11Cl2NO2/c1-6-4-5-7(9(12)8(6)11)10(14)13(2)15-3/h4-5H,1-3H3. The van der Waals surface area contributed by atoms with Gasteiger partial charge in [0.25, 0.3) is 5.91 Å². The molecular formula is C10H11Cl2NO2. The highest BCUT2D eigenvalue weighted by Gasteiger charge is 2.17. The molecule has 0 spiro atoms. The van der Waals surface area contributed by atoms with E-state index in [9.17, 15) is 4.79 Å². The molecule has 5 heteroatoms. The maximum Gasteiger partial charge on any atom is 0.278 e. The van der Waals surface area contributed by atoms with Crippen molar-refractivity contribution in [2.45, 2.75) is 6.92 Å². The van der Waals surface area contributed by atoms with Crippen LogP contribution in [-0.4, -0.2) is 25.1 Å². The fourth-order valence-corrected chi connectivity index (χ4v) is 1.52. The predicted octanol–water partition coefficient (Wildman–Crippen LogP) is 2.94. The minimum Gasteiger partial charge on any atom is -0.274 e. The maximum absolute atomic E-state index is 11.7. The summed E-state index contributed by atoms with van der Waals surface area (Å²) in [5.41, 5.74) is 1.16. The lowest BCUT2D eigenvalue weighted by molar-refractivity contribution is -0.0756. The molecule has 0 saturated carbocycles. The van der Waals surface area contributed by atoms with Crippen molar-refractivity contribution in [2.24, 2.45) is 0 Å². The third kappa shape index (κ3) is 2.43. The van der Waals surface area contributed by atoms with Crippen LogP contribution in [0.3, 0.4) is 0 Å². The van der Waals surface area contributed by atoms with E-state index in [4.69, 9.17) is 28.0 Å². The van der Waals surface area contributed by atoms with E-state index in [0.717, 1.165) is 10.6 Å². The Bertz CT molecular complexity index is 393. The Hall–Kier alpha value is -0.770. The average Bonchev–Trinajstić information content (AvgIpc) is 2.24. The molecule has 3 nitrogen and oxygen atoms in total. The highest BCUT2D eigenvalue weighted by atomic mass is 35.5. The van der Waals surface area contributed by atoms with E-state index in [1.807, 2.05) is 6.92 Å². The van der Waals surface area contributed by atoms with Crippen LogP contribution in [0.4, 0.5) is 0 Å². The van der Waals surface area contributed by atoms with Gasteiger partial charge in [-0.25, -0.2) is 5.06 Å². The summed E-state index contributed by atoms with van der Waals surface area (Å²) in [6, 6.07) is 3.37. The van der Waals surface area contributed by atoms with Crippen molar-refractivity contribution in [1.29, 1.82) is 0 Å². The van der Waals surface area contributed by atoms with E-state index in [1.165, 1.54) is 14.2 Å². The van der Waals surface area contributed by atoms with Gasteiger partial charge in [0.05, 0.1) is 22.7 Å². The molecule has 0 N–H and O–H groups in total. The van der Waals surface area contributed by atoms with E-state index in [0.29, 0.717) is 10.6 Å². The van der Waals surface area contributed by atoms with Gasteiger partial charge in [-0.3, -0.25) is 9.63 Å². The molecule has 0 aliphatic heterocycles. The molecule has 0 aliphatic rings. The average molecular weight is 248 g/mol. The molecule has 82 valence electrons. The zero-order valence-electron chi connectivity index (χ0n) is 8.67. The van der Waals surface area contributed by atoms with Gasteiger partial charge in [0.2, 0.25) is 0 Å². The summed E-state index contributed by atoms with van der Waals surface area (Å²) in [4.78, 5) is 16.5. The second-order valence-electron chi connectivity index (χ2n) is 3.04. The van der Waals surface area contributed by atoms with Gasteiger partial charge in [-0.2, -0.15) is 0 Å². The largest absolute Gasteiger partial charge is 0.278 e. The monoisotopic (exact) mass is 247 g/mol. The lowest BCUT2D eigenvalue weighted by Gasteiger charge is -2.15. The number of amides is 1. The van der Waals surface area contributed by atoms with Crippen LogP contribution < -0.4 is 0 Å². The lowest BCUT2D eigenvalue weighted by Crippen LogP contribution is -2.25. The molecule has 0 atom stereocenters. The number of hydrogen-bond donors (Lipinski definition) is 0. The highest BCUT2D eigenvalue weighted by Crippen LogP contribution is 2.29. The van der Waals surface area contributed by atoms with Crippen molar-refractivity contribution >= 4 is 29.1 Å². The number of aryl methyl sites for hydroxylation is 1. The lowest BCUT2D eigenvalue weighted by atomic mass is 10.1. The molecule has 0 radical (unpaired) electrons. The van der Waals surface area contributed by atoms with Crippen molar-refractivity contribution in [3.05, 3.63) is 33.3 Å². The summed E-state index contributed by atoms with van der Waals surface area (Å²) in [6.45, 7) is 1.82. The Morgan fingerprint density at radius 2 is 1.93 bits per heavy atom. The minimum absolute atomic E-state index is 0.255. The van der Waals surface area contributed by atoms with Crippen LogP contribution in [0.1, 0.15) is 15.9 Å². The Morgan fingerprint density at radius 1 is 1.33 bits per heavy atom. The van der Waals surface area contributed by atoms with Crippen LogP contribution in [-0.2, 0) is 4.84 Å². The number of nitrogens with zero attached hydrogens (tertiary/aromatic N) is 1. The van der Waals surface area contributed by atoms with Crippen molar-refractivity contribution in [3.8, 4) is 0 Å². The second-order valence-corrected chi connectivity index (χ2v) is 3.80. The number of carbonyl (C=O) groups is 1. The van der Waals surface area contributed by atoms with Crippen LogP contribution in [0, 0.1) is 6.92 Å². The molecule has 0 aromatic heterocycles. The number of benzene rings is 1. The van der Waals surface area contributed by atoms with Gasteiger partial charge in [0.1, 0.15) is 0 Å². The minimum atomic E-state index is -0.329. The molecule has 0 aliphatic carbocycles. The first-order chi connectivity index (χ1) is 6.99. The highest BCUT2D eigenvalue weighted by molar-refractivity contribution is 6.44. The van der Waals surface area contributed by atoms with E-state index in [-0.39, 0.29) is 10.9 Å². The molecule has 15 heavy (non-hydrogen) atoms. The van der Waals surface area contributed by atoms with Gasteiger partial charge in [0.15, 0.2) is 0 Å². The predicted molar refractivity (Wildman–Crippen MR) is 60.3 cm³/mol. The zero-order valence-corrected chi connectivity index (χ0v) is 10.2. The number of halogens is 2. The van der Waals surface area contributed by atoms with Crippen LogP contribution in [0.15, 0.2) is 12.1 Å². The molecule has 1 aromatic carbocycles.